The van der Waals surface area contributed by atoms with Gasteiger partial charge in [0.1, 0.15) is 11.4 Å². The van der Waals surface area contributed by atoms with Gasteiger partial charge in [-0.15, -0.1) is 5.10 Å². The molecule has 1 N–H and O–H groups in total. The molecule has 1 aromatic heterocycles. The second-order valence-electron chi connectivity index (χ2n) is 6.08. The molecule has 0 unspecified atom stereocenters. The predicted molar refractivity (Wildman–Crippen MR) is 108 cm³/mol. The van der Waals surface area contributed by atoms with E-state index in [0.29, 0.717) is 11.4 Å². The van der Waals surface area contributed by atoms with Crippen LogP contribution in [0.15, 0.2) is 84.9 Å². The number of hydrogen-bond donors (Lipinski definition) is 1. The highest BCUT2D eigenvalue weighted by Crippen LogP contribution is 2.26. The second-order valence-corrected chi connectivity index (χ2v) is 6.08. The van der Waals surface area contributed by atoms with Gasteiger partial charge in [-0.05, 0) is 36.4 Å². The summed E-state index contributed by atoms with van der Waals surface area (Å²) >= 11 is 0. The molecule has 0 spiro atoms. The molecule has 0 saturated carbocycles. The Bertz CT molecular complexity index is 1070. The fourth-order valence-electron chi connectivity index (χ4n) is 2.90. The lowest BCUT2D eigenvalue weighted by Gasteiger charge is -2.09. The smallest absolute Gasteiger partial charge is 0.278 e. The average Bonchev–Trinajstić information content (AvgIpc) is 3.21. The molecule has 0 aliphatic carbocycles. The Labute approximate surface area is 162 Å². The average molecular weight is 370 g/mol. The van der Waals surface area contributed by atoms with Crippen molar-refractivity contribution in [2.75, 3.05) is 12.4 Å². The molecule has 4 aromatic rings. The van der Waals surface area contributed by atoms with E-state index in [4.69, 9.17) is 4.74 Å². The van der Waals surface area contributed by atoms with Crippen molar-refractivity contribution in [3.63, 3.8) is 0 Å². The molecule has 1 amide bonds. The highest BCUT2D eigenvalue weighted by molar-refractivity contribution is 6.06. The fourth-order valence-corrected chi connectivity index (χ4v) is 2.90. The van der Waals surface area contributed by atoms with Crippen LogP contribution in [0.25, 0.3) is 16.9 Å². The Morgan fingerprint density at radius 3 is 2.18 bits per heavy atom. The lowest BCUT2D eigenvalue weighted by atomic mass is 10.1. The molecule has 3 aromatic carbocycles. The van der Waals surface area contributed by atoms with Crippen molar-refractivity contribution >= 4 is 11.6 Å². The molecule has 0 fully saturated rings. The fraction of sp³-hybridized carbons (Fsp3) is 0.0455. The van der Waals surface area contributed by atoms with Crippen molar-refractivity contribution in [1.82, 2.24) is 15.0 Å². The van der Waals surface area contributed by atoms with E-state index in [-0.39, 0.29) is 11.6 Å². The lowest BCUT2D eigenvalue weighted by Crippen LogP contribution is -2.14. The van der Waals surface area contributed by atoms with E-state index < -0.39 is 0 Å². The summed E-state index contributed by atoms with van der Waals surface area (Å²) in [5.41, 5.74) is 3.23. The Morgan fingerprint density at radius 1 is 0.893 bits per heavy atom. The van der Waals surface area contributed by atoms with E-state index in [1.807, 2.05) is 60.7 Å². The SMILES string of the molecule is COc1ccc(NC(=O)c2nnn(-c3ccccc3)c2-c2ccccc2)cc1. The van der Waals surface area contributed by atoms with E-state index in [9.17, 15) is 4.79 Å². The molecule has 1 heterocycles. The molecule has 6 nitrogen and oxygen atoms in total. The van der Waals surface area contributed by atoms with E-state index in [1.54, 1.807) is 36.1 Å². The number of rotatable bonds is 5. The zero-order valence-corrected chi connectivity index (χ0v) is 15.2. The highest BCUT2D eigenvalue weighted by atomic mass is 16.5. The monoisotopic (exact) mass is 370 g/mol. The van der Waals surface area contributed by atoms with Gasteiger partial charge < -0.3 is 10.1 Å². The first kappa shape index (κ1) is 17.5. The second kappa shape index (κ2) is 7.75. The number of hydrogen-bond acceptors (Lipinski definition) is 4. The molecule has 138 valence electrons. The Balaban J connectivity index is 1.74. The molecule has 0 atom stereocenters. The van der Waals surface area contributed by atoms with Gasteiger partial charge in [0, 0.05) is 11.3 Å². The summed E-state index contributed by atoms with van der Waals surface area (Å²) in [5, 5.41) is 11.3. The van der Waals surface area contributed by atoms with Crippen LogP contribution < -0.4 is 10.1 Å². The normalized spacial score (nSPS) is 10.5. The highest BCUT2D eigenvalue weighted by Gasteiger charge is 2.22. The molecule has 6 heteroatoms. The van der Waals surface area contributed by atoms with Crippen LogP contribution in [0.4, 0.5) is 5.69 Å². The molecule has 0 aliphatic rings. The van der Waals surface area contributed by atoms with Crippen LogP contribution in [0, 0.1) is 0 Å². The molecular formula is C22H18N4O2. The van der Waals surface area contributed by atoms with Crippen molar-refractivity contribution in [1.29, 1.82) is 0 Å². The van der Waals surface area contributed by atoms with Crippen molar-refractivity contribution in [3.8, 4) is 22.7 Å². The Hall–Kier alpha value is -3.93. The quantitative estimate of drug-likeness (QED) is 0.572. The molecule has 0 radical (unpaired) electrons. The lowest BCUT2D eigenvalue weighted by molar-refractivity contribution is 0.102. The number of nitrogens with one attached hydrogen (secondary N) is 1. The Morgan fingerprint density at radius 2 is 1.54 bits per heavy atom. The van der Waals surface area contributed by atoms with E-state index in [0.717, 1.165) is 17.0 Å². The number of nitrogens with zero attached hydrogens (tertiary/aromatic N) is 3. The first-order valence-electron chi connectivity index (χ1n) is 8.78. The number of aromatic nitrogens is 3. The Kier molecular flexibility index (Phi) is 4.84. The third-order valence-electron chi connectivity index (χ3n) is 4.28. The van der Waals surface area contributed by atoms with Crippen LogP contribution in [0.3, 0.4) is 0 Å². The zero-order valence-electron chi connectivity index (χ0n) is 15.2. The molecule has 4 rings (SSSR count). The van der Waals surface area contributed by atoms with Crippen LogP contribution >= 0.6 is 0 Å². The van der Waals surface area contributed by atoms with E-state index >= 15 is 0 Å². The van der Waals surface area contributed by atoms with Crippen LogP contribution in [0.1, 0.15) is 10.5 Å². The molecule has 28 heavy (non-hydrogen) atoms. The first-order chi connectivity index (χ1) is 13.8. The topological polar surface area (TPSA) is 69.0 Å². The van der Waals surface area contributed by atoms with Crippen LogP contribution in [-0.4, -0.2) is 28.0 Å². The third-order valence-corrected chi connectivity index (χ3v) is 4.28. The van der Waals surface area contributed by atoms with Crippen molar-refractivity contribution in [2.24, 2.45) is 0 Å². The van der Waals surface area contributed by atoms with Gasteiger partial charge >= 0.3 is 0 Å². The number of ether oxygens (including phenoxy) is 1. The summed E-state index contributed by atoms with van der Waals surface area (Å²) in [6.45, 7) is 0. The minimum absolute atomic E-state index is 0.255. The van der Waals surface area contributed by atoms with Gasteiger partial charge in [0.25, 0.3) is 5.91 Å². The summed E-state index contributed by atoms with van der Waals surface area (Å²) in [7, 11) is 1.60. The summed E-state index contributed by atoms with van der Waals surface area (Å²) in [5.74, 6) is 0.393. The maximum atomic E-state index is 12.9. The number of carbonyl (C=O) groups excluding carboxylic acids is 1. The summed E-state index contributed by atoms with van der Waals surface area (Å²) in [4.78, 5) is 12.9. The molecule has 0 aliphatic heterocycles. The number of carbonyl (C=O) groups is 1. The number of para-hydroxylation sites is 1. The zero-order chi connectivity index (χ0) is 19.3. The standard InChI is InChI=1S/C22H18N4O2/c1-28-19-14-12-17(13-15-19)23-22(27)20-21(16-8-4-2-5-9-16)26(25-24-20)18-10-6-3-7-11-18/h2-15H,1H3,(H,23,27). The molecular weight excluding hydrogens is 352 g/mol. The van der Waals surface area contributed by atoms with Gasteiger partial charge in [-0.1, -0.05) is 53.7 Å². The third kappa shape index (κ3) is 3.48. The van der Waals surface area contributed by atoms with Crippen molar-refractivity contribution in [3.05, 3.63) is 90.6 Å². The number of anilines is 1. The number of amides is 1. The van der Waals surface area contributed by atoms with Gasteiger partial charge in [-0.2, -0.15) is 0 Å². The first-order valence-corrected chi connectivity index (χ1v) is 8.78. The largest absolute Gasteiger partial charge is 0.497 e. The van der Waals surface area contributed by atoms with Crippen LogP contribution in [0.5, 0.6) is 5.75 Å². The van der Waals surface area contributed by atoms with Gasteiger partial charge in [-0.3, -0.25) is 4.79 Å². The van der Waals surface area contributed by atoms with Crippen molar-refractivity contribution < 1.29 is 9.53 Å². The summed E-state index contributed by atoms with van der Waals surface area (Å²) in [6, 6.07) is 26.4. The number of benzene rings is 3. The molecule has 0 saturated heterocycles. The summed E-state index contributed by atoms with van der Waals surface area (Å²) in [6.07, 6.45) is 0. The minimum atomic E-state index is -0.328. The van der Waals surface area contributed by atoms with Crippen LogP contribution in [-0.2, 0) is 0 Å². The predicted octanol–water partition coefficient (Wildman–Crippen LogP) is 4.20. The van der Waals surface area contributed by atoms with Gasteiger partial charge in [0.05, 0.1) is 12.8 Å². The van der Waals surface area contributed by atoms with E-state index in [2.05, 4.69) is 15.6 Å². The van der Waals surface area contributed by atoms with Gasteiger partial charge in [0.2, 0.25) is 0 Å². The van der Waals surface area contributed by atoms with Gasteiger partial charge in [0.15, 0.2) is 5.69 Å². The van der Waals surface area contributed by atoms with Crippen LogP contribution in [0.2, 0.25) is 0 Å². The van der Waals surface area contributed by atoms with E-state index in [1.165, 1.54) is 0 Å². The number of methoxy groups -OCH3 is 1. The maximum Gasteiger partial charge on any atom is 0.278 e. The van der Waals surface area contributed by atoms with Gasteiger partial charge in [-0.25, -0.2) is 4.68 Å². The van der Waals surface area contributed by atoms with Crippen molar-refractivity contribution in [2.45, 2.75) is 0 Å². The maximum absolute atomic E-state index is 12.9. The summed E-state index contributed by atoms with van der Waals surface area (Å²) < 4.78 is 6.83. The molecule has 0 bridgehead atoms. The minimum Gasteiger partial charge on any atom is -0.497 e.